The second-order valence-electron chi connectivity index (χ2n) is 7.52. The Morgan fingerprint density at radius 2 is 2.12 bits per heavy atom. The molecule has 2 fully saturated rings. The summed E-state index contributed by atoms with van der Waals surface area (Å²) in [6, 6.07) is 4.86. The third kappa shape index (κ3) is 3.96. The number of nitrogens with zero attached hydrogens (tertiary/aromatic N) is 4. The molecule has 0 amide bonds. The van der Waals surface area contributed by atoms with Gasteiger partial charge in [-0.25, -0.2) is 4.68 Å². The lowest BCUT2D eigenvalue weighted by atomic mass is 9.95. The molecule has 7 heteroatoms. The largest absolute Gasteiger partial charge is 0.376 e. The van der Waals surface area contributed by atoms with Crippen LogP contribution in [0, 0.1) is 4.77 Å². The summed E-state index contributed by atoms with van der Waals surface area (Å²) in [6.45, 7) is 2.44. The van der Waals surface area contributed by atoms with Gasteiger partial charge in [0.25, 0.3) is 0 Å². The van der Waals surface area contributed by atoms with Crippen LogP contribution in [0.2, 0.25) is 0 Å². The minimum atomic E-state index is 0.258. The van der Waals surface area contributed by atoms with Crippen LogP contribution < -0.4 is 0 Å². The molecule has 1 saturated carbocycles. The van der Waals surface area contributed by atoms with Crippen molar-refractivity contribution in [2.75, 3.05) is 13.7 Å². The summed E-state index contributed by atoms with van der Waals surface area (Å²) in [5.74, 6) is 0.984. The van der Waals surface area contributed by atoms with E-state index in [0.717, 1.165) is 43.3 Å². The average Bonchev–Trinajstić information content (AvgIpc) is 3.41. The second-order valence-corrected chi connectivity index (χ2v) is 8.83. The molecule has 1 aliphatic heterocycles. The van der Waals surface area contributed by atoms with Crippen LogP contribution in [0.1, 0.15) is 44.9 Å². The van der Waals surface area contributed by atoms with E-state index in [1.54, 1.807) is 11.3 Å². The maximum Gasteiger partial charge on any atom is 0.199 e. The Morgan fingerprint density at radius 1 is 1.27 bits per heavy atom. The van der Waals surface area contributed by atoms with Crippen LogP contribution in [-0.2, 0) is 18.0 Å². The number of thiophene rings is 1. The molecule has 1 atom stereocenters. The minimum Gasteiger partial charge on any atom is -0.376 e. The van der Waals surface area contributed by atoms with Crippen molar-refractivity contribution in [3.63, 3.8) is 0 Å². The SMILES string of the molecule is CN(Cn1nc(-c2cccs2)n(C[C@H]2CCCO2)c1=S)C1CCCCC1. The highest BCUT2D eigenvalue weighted by molar-refractivity contribution is 7.71. The molecule has 142 valence electrons. The fourth-order valence-electron chi connectivity index (χ4n) is 4.13. The highest BCUT2D eigenvalue weighted by atomic mass is 32.1. The molecule has 1 aliphatic carbocycles. The van der Waals surface area contributed by atoms with Gasteiger partial charge in [-0.15, -0.1) is 16.4 Å². The zero-order valence-corrected chi connectivity index (χ0v) is 17.1. The van der Waals surface area contributed by atoms with E-state index in [0.29, 0.717) is 6.04 Å². The summed E-state index contributed by atoms with van der Waals surface area (Å²) in [6.07, 6.45) is 9.15. The minimum absolute atomic E-state index is 0.258. The molecule has 2 aromatic heterocycles. The third-order valence-corrected chi connectivity index (χ3v) is 6.93. The standard InChI is InChI=1S/C19H28N4OS2/c1-21(15-7-3-2-4-8-15)14-23-19(25)22(13-16-9-5-11-24-16)18(20-23)17-10-6-12-26-17/h6,10,12,15-16H,2-5,7-9,11,13-14H2,1H3/t16-/m1/s1. The molecule has 2 aromatic rings. The summed E-state index contributed by atoms with van der Waals surface area (Å²) >= 11 is 7.55. The Morgan fingerprint density at radius 3 is 2.81 bits per heavy atom. The van der Waals surface area contributed by atoms with E-state index in [-0.39, 0.29) is 6.10 Å². The van der Waals surface area contributed by atoms with Crippen molar-refractivity contribution in [3.05, 3.63) is 22.3 Å². The van der Waals surface area contributed by atoms with Crippen molar-refractivity contribution in [1.29, 1.82) is 0 Å². The lowest BCUT2D eigenvalue weighted by Gasteiger charge is -2.30. The van der Waals surface area contributed by atoms with Gasteiger partial charge in [0, 0.05) is 12.6 Å². The number of hydrogen-bond acceptors (Lipinski definition) is 5. The summed E-state index contributed by atoms with van der Waals surface area (Å²) < 4.78 is 10.9. The van der Waals surface area contributed by atoms with E-state index >= 15 is 0 Å². The Labute approximate surface area is 164 Å². The maximum atomic E-state index is 5.86. The lowest BCUT2D eigenvalue weighted by Crippen LogP contribution is -2.35. The first-order valence-corrected chi connectivity index (χ1v) is 11.0. The molecule has 3 heterocycles. The topological polar surface area (TPSA) is 35.2 Å². The molecular formula is C19H28N4OS2. The highest BCUT2D eigenvalue weighted by Crippen LogP contribution is 2.26. The highest BCUT2D eigenvalue weighted by Gasteiger charge is 2.23. The molecule has 0 aromatic carbocycles. The molecule has 0 spiro atoms. The molecule has 4 rings (SSSR count). The van der Waals surface area contributed by atoms with Gasteiger partial charge >= 0.3 is 0 Å². The first kappa shape index (κ1) is 18.3. The van der Waals surface area contributed by atoms with Crippen molar-refractivity contribution in [3.8, 4) is 10.7 Å². The molecule has 0 N–H and O–H groups in total. The first-order chi connectivity index (χ1) is 12.7. The molecule has 2 aliphatic rings. The average molecular weight is 393 g/mol. The number of aromatic nitrogens is 3. The predicted octanol–water partition coefficient (Wildman–Crippen LogP) is 4.54. The van der Waals surface area contributed by atoms with Crippen LogP contribution in [0.3, 0.4) is 0 Å². The van der Waals surface area contributed by atoms with Gasteiger partial charge in [-0.3, -0.25) is 9.47 Å². The molecule has 0 bridgehead atoms. The molecular weight excluding hydrogens is 364 g/mol. The van der Waals surface area contributed by atoms with Gasteiger partial charge in [-0.1, -0.05) is 25.3 Å². The van der Waals surface area contributed by atoms with Gasteiger partial charge in [-0.05, 0) is 56.4 Å². The Hall–Kier alpha value is -1.02. The zero-order chi connectivity index (χ0) is 17.9. The predicted molar refractivity (Wildman–Crippen MR) is 108 cm³/mol. The number of hydrogen-bond donors (Lipinski definition) is 0. The molecule has 0 radical (unpaired) electrons. The van der Waals surface area contributed by atoms with Crippen LogP contribution in [0.25, 0.3) is 10.7 Å². The third-order valence-electron chi connectivity index (χ3n) is 5.63. The van der Waals surface area contributed by atoms with Gasteiger partial charge < -0.3 is 4.74 Å². The maximum absolute atomic E-state index is 5.86. The zero-order valence-electron chi connectivity index (χ0n) is 15.5. The van der Waals surface area contributed by atoms with Crippen molar-refractivity contribution in [2.24, 2.45) is 0 Å². The fourth-order valence-corrected chi connectivity index (χ4v) is 5.10. The second kappa shape index (κ2) is 8.33. The van der Waals surface area contributed by atoms with E-state index in [9.17, 15) is 0 Å². The van der Waals surface area contributed by atoms with E-state index in [4.69, 9.17) is 22.1 Å². The van der Waals surface area contributed by atoms with Crippen LogP contribution in [-0.4, -0.2) is 45.0 Å². The van der Waals surface area contributed by atoms with E-state index < -0.39 is 0 Å². The molecule has 26 heavy (non-hydrogen) atoms. The van der Waals surface area contributed by atoms with Crippen LogP contribution in [0.4, 0.5) is 0 Å². The van der Waals surface area contributed by atoms with Gasteiger partial charge in [0.05, 0.1) is 24.2 Å². The van der Waals surface area contributed by atoms with Crippen LogP contribution >= 0.6 is 23.6 Å². The number of ether oxygens (including phenoxy) is 1. The fraction of sp³-hybridized carbons (Fsp3) is 0.684. The van der Waals surface area contributed by atoms with Gasteiger partial charge in [0.2, 0.25) is 0 Å². The van der Waals surface area contributed by atoms with Crippen molar-refractivity contribution in [2.45, 2.75) is 70.3 Å². The molecule has 1 saturated heterocycles. The Bertz CT molecular complexity index is 755. The van der Waals surface area contributed by atoms with E-state index in [1.165, 1.54) is 37.0 Å². The lowest BCUT2D eigenvalue weighted by molar-refractivity contribution is 0.0964. The van der Waals surface area contributed by atoms with Crippen molar-refractivity contribution >= 4 is 23.6 Å². The molecule has 0 unspecified atom stereocenters. The van der Waals surface area contributed by atoms with E-state index in [2.05, 4.69) is 34.0 Å². The summed E-state index contributed by atoms with van der Waals surface area (Å²) in [4.78, 5) is 3.60. The normalized spacial score (nSPS) is 21.7. The first-order valence-electron chi connectivity index (χ1n) is 9.76. The quantitative estimate of drug-likeness (QED) is 0.676. The summed E-state index contributed by atoms with van der Waals surface area (Å²) in [5, 5.41) is 7.02. The van der Waals surface area contributed by atoms with Crippen LogP contribution in [0.5, 0.6) is 0 Å². The van der Waals surface area contributed by atoms with Gasteiger partial charge in [-0.2, -0.15) is 0 Å². The van der Waals surface area contributed by atoms with Gasteiger partial charge in [0.15, 0.2) is 10.6 Å². The van der Waals surface area contributed by atoms with Gasteiger partial charge in [0.1, 0.15) is 0 Å². The van der Waals surface area contributed by atoms with Crippen LogP contribution in [0.15, 0.2) is 17.5 Å². The number of rotatable bonds is 6. The van der Waals surface area contributed by atoms with E-state index in [1.807, 2.05) is 4.68 Å². The monoisotopic (exact) mass is 392 g/mol. The Kier molecular flexibility index (Phi) is 5.88. The van der Waals surface area contributed by atoms with Crippen molar-refractivity contribution in [1.82, 2.24) is 19.2 Å². The smallest absolute Gasteiger partial charge is 0.199 e. The summed E-state index contributed by atoms with van der Waals surface area (Å²) in [7, 11) is 2.21. The molecule has 5 nitrogen and oxygen atoms in total. The van der Waals surface area contributed by atoms with Crippen molar-refractivity contribution < 1.29 is 4.74 Å². The Balaban J connectivity index is 1.59. The summed E-state index contributed by atoms with van der Waals surface area (Å²) in [5.41, 5.74) is 0.